The number of piperidine rings is 1. The van der Waals surface area contributed by atoms with Gasteiger partial charge in [-0.2, -0.15) is 0 Å². The van der Waals surface area contributed by atoms with Gasteiger partial charge in [0.25, 0.3) is 0 Å². The molecule has 1 N–H and O–H groups in total. The summed E-state index contributed by atoms with van der Waals surface area (Å²) in [5.41, 5.74) is 0.378. The van der Waals surface area contributed by atoms with Gasteiger partial charge in [-0.15, -0.1) is 0 Å². The fraction of sp³-hybridized carbons (Fsp3) is 1.00. The van der Waals surface area contributed by atoms with E-state index in [1.165, 1.54) is 39.0 Å². The van der Waals surface area contributed by atoms with Crippen LogP contribution in [-0.4, -0.2) is 63.2 Å². The average Bonchev–Trinajstić information content (AvgIpc) is 2.29. The number of hydrogen-bond donors (Lipinski definition) is 1. The van der Waals surface area contributed by atoms with Crippen LogP contribution in [0.1, 0.15) is 40.5 Å². The third-order valence-electron chi connectivity index (χ3n) is 4.14. The molecule has 0 aromatic rings. The maximum Gasteiger partial charge on any atom is 0.00448 e. The highest BCUT2D eigenvalue weighted by Crippen LogP contribution is 2.22. The molecule has 20 heavy (non-hydrogen) atoms. The van der Waals surface area contributed by atoms with Crippen molar-refractivity contribution in [2.75, 3.05) is 53.4 Å². The van der Waals surface area contributed by atoms with E-state index in [1.54, 1.807) is 0 Å². The largest absolute Gasteiger partial charge is 0.316 e. The van der Waals surface area contributed by atoms with Gasteiger partial charge in [0.05, 0.1) is 0 Å². The lowest BCUT2D eigenvalue weighted by molar-refractivity contribution is 0.116. The SMILES string of the molecule is CC(C)CNCC(C)(C)CN1CCC(CN(C)C)CC1. The second-order valence-electron chi connectivity index (χ2n) is 8.17. The van der Waals surface area contributed by atoms with Crippen LogP contribution in [-0.2, 0) is 0 Å². The summed E-state index contributed by atoms with van der Waals surface area (Å²) in [7, 11) is 4.38. The molecule has 1 fully saturated rings. The summed E-state index contributed by atoms with van der Waals surface area (Å²) in [5, 5.41) is 3.62. The lowest BCUT2D eigenvalue weighted by Crippen LogP contribution is -2.45. The summed E-state index contributed by atoms with van der Waals surface area (Å²) in [4.78, 5) is 5.00. The summed E-state index contributed by atoms with van der Waals surface area (Å²) in [5.74, 6) is 1.65. The predicted molar refractivity (Wildman–Crippen MR) is 89.2 cm³/mol. The van der Waals surface area contributed by atoms with Crippen LogP contribution in [0.25, 0.3) is 0 Å². The zero-order chi connectivity index (χ0) is 15.2. The molecule has 0 bridgehead atoms. The molecule has 0 aromatic heterocycles. The van der Waals surface area contributed by atoms with Crippen LogP contribution < -0.4 is 5.32 Å². The predicted octanol–water partition coefficient (Wildman–Crippen LogP) is 2.53. The lowest BCUT2D eigenvalue weighted by Gasteiger charge is -2.38. The van der Waals surface area contributed by atoms with Crippen LogP contribution in [0, 0.1) is 17.3 Å². The second-order valence-corrected chi connectivity index (χ2v) is 8.17. The normalized spacial score (nSPS) is 19.2. The van der Waals surface area contributed by atoms with E-state index in [9.17, 15) is 0 Å². The van der Waals surface area contributed by atoms with E-state index in [0.717, 1.165) is 24.9 Å². The van der Waals surface area contributed by atoms with E-state index in [4.69, 9.17) is 0 Å². The van der Waals surface area contributed by atoms with Crippen molar-refractivity contribution < 1.29 is 0 Å². The Morgan fingerprint density at radius 2 is 1.80 bits per heavy atom. The Balaban J connectivity index is 2.24. The van der Waals surface area contributed by atoms with Gasteiger partial charge in [-0.1, -0.05) is 27.7 Å². The molecule has 1 aliphatic heterocycles. The molecule has 0 aromatic carbocycles. The first-order chi connectivity index (χ1) is 9.28. The van der Waals surface area contributed by atoms with Crippen molar-refractivity contribution in [1.82, 2.24) is 15.1 Å². The smallest absolute Gasteiger partial charge is 0.00448 e. The topological polar surface area (TPSA) is 18.5 Å². The van der Waals surface area contributed by atoms with Gasteiger partial charge in [-0.05, 0) is 63.8 Å². The van der Waals surface area contributed by atoms with E-state index in [0.29, 0.717) is 5.41 Å². The quantitative estimate of drug-likeness (QED) is 0.738. The molecule has 0 aliphatic carbocycles. The molecule has 0 unspecified atom stereocenters. The van der Waals surface area contributed by atoms with Crippen LogP contribution in [0.15, 0.2) is 0 Å². The fourth-order valence-electron chi connectivity index (χ4n) is 3.20. The van der Waals surface area contributed by atoms with Crippen LogP contribution >= 0.6 is 0 Å². The van der Waals surface area contributed by atoms with Gasteiger partial charge in [-0.3, -0.25) is 0 Å². The lowest BCUT2D eigenvalue weighted by atomic mass is 9.89. The van der Waals surface area contributed by atoms with E-state index < -0.39 is 0 Å². The van der Waals surface area contributed by atoms with Crippen LogP contribution in [0.5, 0.6) is 0 Å². The van der Waals surface area contributed by atoms with Gasteiger partial charge in [0.15, 0.2) is 0 Å². The first-order valence-electron chi connectivity index (χ1n) is 8.36. The monoisotopic (exact) mass is 283 g/mol. The van der Waals surface area contributed by atoms with Gasteiger partial charge in [0.2, 0.25) is 0 Å². The Morgan fingerprint density at radius 1 is 1.20 bits per heavy atom. The standard InChI is InChI=1S/C17H37N3/c1-15(2)11-18-13-17(3,4)14-20-9-7-16(8-10-20)12-19(5)6/h15-16,18H,7-14H2,1-6H3. The van der Waals surface area contributed by atoms with Crippen molar-refractivity contribution in [3.63, 3.8) is 0 Å². The summed E-state index contributed by atoms with van der Waals surface area (Å²) in [6.07, 6.45) is 2.74. The summed E-state index contributed by atoms with van der Waals surface area (Å²) in [6.45, 7) is 16.7. The number of rotatable bonds is 8. The molecular formula is C17H37N3. The highest BCUT2D eigenvalue weighted by atomic mass is 15.1. The Labute approximate surface area is 127 Å². The minimum absolute atomic E-state index is 0.378. The fourth-order valence-corrected chi connectivity index (χ4v) is 3.20. The van der Waals surface area contributed by atoms with Gasteiger partial charge < -0.3 is 15.1 Å². The van der Waals surface area contributed by atoms with Crippen LogP contribution in [0.4, 0.5) is 0 Å². The van der Waals surface area contributed by atoms with Crippen molar-refractivity contribution in [3.8, 4) is 0 Å². The first-order valence-corrected chi connectivity index (χ1v) is 8.36. The third-order valence-corrected chi connectivity index (χ3v) is 4.14. The second kappa shape index (κ2) is 8.35. The van der Waals surface area contributed by atoms with Gasteiger partial charge in [0, 0.05) is 19.6 Å². The number of nitrogens with one attached hydrogen (secondary N) is 1. The molecule has 0 atom stereocenters. The summed E-state index contributed by atoms with van der Waals surface area (Å²) < 4.78 is 0. The van der Waals surface area contributed by atoms with E-state index >= 15 is 0 Å². The molecule has 120 valence electrons. The number of nitrogens with zero attached hydrogens (tertiary/aromatic N) is 2. The highest BCUT2D eigenvalue weighted by molar-refractivity contribution is 4.80. The molecule has 1 saturated heterocycles. The maximum absolute atomic E-state index is 3.62. The molecule has 1 rings (SSSR count). The Kier molecular flexibility index (Phi) is 7.49. The zero-order valence-electron chi connectivity index (χ0n) is 14.7. The van der Waals surface area contributed by atoms with E-state index in [1.807, 2.05) is 0 Å². The molecule has 1 aliphatic rings. The van der Waals surface area contributed by atoms with Gasteiger partial charge >= 0.3 is 0 Å². The van der Waals surface area contributed by atoms with Crippen molar-refractivity contribution in [3.05, 3.63) is 0 Å². The summed E-state index contributed by atoms with van der Waals surface area (Å²) >= 11 is 0. The Hall–Kier alpha value is -0.120. The number of likely N-dealkylation sites (tertiary alicyclic amines) is 1. The van der Waals surface area contributed by atoms with Crippen molar-refractivity contribution in [2.45, 2.75) is 40.5 Å². The molecule has 0 amide bonds. The maximum atomic E-state index is 3.62. The third kappa shape index (κ3) is 7.61. The summed E-state index contributed by atoms with van der Waals surface area (Å²) in [6, 6.07) is 0. The minimum Gasteiger partial charge on any atom is -0.316 e. The van der Waals surface area contributed by atoms with E-state index in [-0.39, 0.29) is 0 Å². The number of hydrogen-bond acceptors (Lipinski definition) is 3. The Bertz CT molecular complexity index is 253. The zero-order valence-corrected chi connectivity index (χ0v) is 14.7. The van der Waals surface area contributed by atoms with Gasteiger partial charge in [-0.25, -0.2) is 0 Å². The average molecular weight is 284 g/mol. The van der Waals surface area contributed by atoms with Crippen molar-refractivity contribution in [1.29, 1.82) is 0 Å². The molecular weight excluding hydrogens is 246 g/mol. The molecule has 0 spiro atoms. The van der Waals surface area contributed by atoms with Crippen LogP contribution in [0.2, 0.25) is 0 Å². The van der Waals surface area contributed by atoms with Crippen molar-refractivity contribution >= 4 is 0 Å². The molecule has 0 radical (unpaired) electrons. The Morgan fingerprint density at radius 3 is 2.30 bits per heavy atom. The molecule has 1 heterocycles. The molecule has 3 nitrogen and oxygen atoms in total. The highest BCUT2D eigenvalue weighted by Gasteiger charge is 2.25. The first kappa shape index (κ1) is 17.9. The van der Waals surface area contributed by atoms with E-state index in [2.05, 4.69) is 56.9 Å². The van der Waals surface area contributed by atoms with Crippen molar-refractivity contribution in [2.24, 2.45) is 17.3 Å². The molecule has 0 saturated carbocycles. The molecule has 3 heteroatoms. The van der Waals surface area contributed by atoms with Gasteiger partial charge in [0.1, 0.15) is 0 Å². The van der Waals surface area contributed by atoms with Crippen LogP contribution in [0.3, 0.4) is 0 Å². The minimum atomic E-state index is 0.378.